The maximum atomic E-state index is 12.9. The third kappa shape index (κ3) is 4.17. The first-order valence-corrected chi connectivity index (χ1v) is 6.22. The molecule has 3 nitrogen and oxygen atoms in total. The number of anilines is 2. The number of ether oxygens (including phenoxy) is 1. The van der Waals surface area contributed by atoms with Crippen LogP contribution in [0.4, 0.5) is 15.8 Å². The summed E-state index contributed by atoms with van der Waals surface area (Å²) in [5.41, 5.74) is 6.86. The SMILES string of the molecule is Nc1cc(F)ccc1NCCCOc1ccccc1. The molecule has 0 amide bonds. The molecule has 19 heavy (non-hydrogen) atoms. The number of para-hydroxylation sites is 1. The van der Waals surface area contributed by atoms with Crippen LogP contribution in [0.15, 0.2) is 48.5 Å². The Morgan fingerprint density at radius 1 is 1.11 bits per heavy atom. The van der Waals surface area contributed by atoms with Gasteiger partial charge in [-0.1, -0.05) is 18.2 Å². The first kappa shape index (κ1) is 13.2. The van der Waals surface area contributed by atoms with Crippen molar-refractivity contribution >= 4 is 11.4 Å². The minimum atomic E-state index is -0.324. The molecule has 0 spiro atoms. The van der Waals surface area contributed by atoms with Crippen LogP contribution >= 0.6 is 0 Å². The Hall–Kier alpha value is -2.23. The van der Waals surface area contributed by atoms with Crippen molar-refractivity contribution in [1.82, 2.24) is 0 Å². The molecule has 0 aliphatic carbocycles. The lowest BCUT2D eigenvalue weighted by molar-refractivity contribution is 0.315. The van der Waals surface area contributed by atoms with Gasteiger partial charge in [0.15, 0.2) is 0 Å². The third-order valence-electron chi connectivity index (χ3n) is 2.66. The highest BCUT2D eigenvalue weighted by atomic mass is 19.1. The van der Waals surface area contributed by atoms with Crippen molar-refractivity contribution in [3.63, 3.8) is 0 Å². The molecule has 2 aromatic rings. The number of nitrogens with one attached hydrogen (secondary N) is 1. The predicted molar refractivity (Wildman–Crippen MR) is 75.9 cm³/mol. The van der Waals surface area contributed by atoms with Crippen LogP contribution in [0.5, 0.6) is 5.75 Å². The smallest absolute Gasteiger partial charge is 0.125 e. The van der Waals surface area contributed by atoms with E-state index in [1.165, 1.54) is 12.1 Å². The molecule has 4 heteroatoms. The quantitative estimate of drug-likeness (QED) is 0.619. The van der Waals surface area contributed by atoms with Gasteiger partial charge in [-0.05, 0) is 36.8 Å². The average molecular weight is 260 g/mol. The molecule has 0 fully saturated rings. The zero-order valence-electron chi connectivity index (χ0n) is 10.6. The number of benzene rings is 2. The fourth-order valence-corrected chi connectivity index (χ4v) is 1.70. The molecule has 0 saturated carbocycles. The van der Waals surface area contributed by atoms with Crippen LogP contribution in [-0.4, -0.2) is 13.2 Å². The number of rotatable bonds is 6. The van der Waals surface area contributed by atoms with Gasteiger partial charge in [-0.3, -0.25) is 0 Å². The second-order valence-corrected chi connectivity index (χ2v) is 4.17. The fraction of sp³-hybridized carbons (Fsp3) is 0.200. The first-order chi connectivity index (χ1) is 9.25. The van der Waals surface area contributed by atoms with E-state index in [1.54, 1.807) is 6.07 Å². The number of nitrogens with two attached hydrogens (primary N) is 1. The fourth-order valence-electron chi connectivity index (χ4n) is 1.70. The van der Waals surface area contributed by atoms with E-state index in [2.05, 4.69) is 5.32 Å². The van der Waals surface area contributed by atoms with Gasteiger partial charge in [0, 0.05) is 6.54 Å². The van der Waals surface area contributed by atoms with Crippen LogP contribution in [0.25, 0.3) is 0 Å². The summed E-state index contributed by atoms with van der Waals surface area (Å²) in [6, 6.07) is 14.0. The minimum Gasteiger partial charge on any atom is -0.494 e. The van der Waals surface area contributed by atoms with Crippen molar-refractivity contribution < 1.29 is 9.13 Å². The van der Waals surface area contributed by atoms with E-state index in [4.69, 9.17) is 10.5 Å². The molecular formula is C15H17FN2O. The van der Waals surface area contributed by atoms with E-state index >= 15 is 0 Å². The van der Waals surface area contributed by atoms with Crippen LogP contribution in [0.1, 0.15) is 6.42 Å². The number of hydrogen-bond acceptors (Lipinski definition) is 3. The van der Waals surface area contributed by atoms with Crippen LogP contribution in [-0.2, 0) is 0 Å². The molecule has 0 saturated heterocycles. The maximum Gasteiger partial charge on any atom is 0.125 e. The molecule has 100 valence electrons. The molecule has 0 unspecified atom stereocenters. The summed E-state index contributed by atoms with van der Waals surface area (Å²) < 4.78 is 18.4. The standard InChI is InChI=1S/C15H17FN2O/c16-12-7-8-15(14(17)11-12)18-9-4-10-19-13-5-2-1-3-6-13/h1-3,5-8,11,18H,4,9-10,17H2. The van der Waals surface area contributed by atoms with E-state index in [0.717, 1.165) is 24.4 Å². The summed E-state index contributed by atoms with van der Waals surface area (Å²) in [7, 11) is 0. The highest BCUT2D eigenvalue weighted by molar-refractivity contribution is 5.65. The second-order valence-electron chi connectivity index (χ2n) is 4.17. The lowest BCUT2D eigenvalue weighted by Crippen LogP contribution is -2.08. The van der Waals surface area contributed by atoms with Gasteiger partial charge >= 0.3 is 0 Å². The highest BCUT2D eigenvalue weighted by Crippen LogP contribution is 2.18. The molecule has 0 heterocycles. The largest absolute Gasteiger partial charge is 0.494 e. The zero-order valence-corrected chi connectivity index (χ0v) is 10.6. The number of hydrogen-bond donors (Lipinski definition) is 2. The lowest BCUT2D eigenvalue weighted by Gasteiger charge is -2.10. The lowest BCUT2D eigenvalue weighted by atomic mass is 10.2. The zero-order chi connectivity index (χ0) is 13.5. The van der Waals surface area contributed by atoms with Crippen LogP contribution < -0.4 is 15.8 Å². The Bertz CT molecular complexity index is 517. The molecule has 0 atom stereocenters. The topological polar surface area (TPSA) is 47.3 Å². The van der Waals surface area contributed by atoms with Crippen molar-refractivity contribution in [2.75, 3.05) is 24.2 Å². The molecule has 0 aliphatic rings. The van der Waals surface area contributed by atoms with Crippen molar-refractivity contribution in [3.05, 3.63) is 54.3 Å². The Morgan fingerprint density at radius 3 is 2.63 bits per heavy atom. The summed E-state index contributed by atoms with van der Waals surface area (Å²) >= 11 is 0. The van der Waals surface area contributed by atoms with Crippen molar-refractivity contribution in [3.8, 4) is 5.75 Å². The number of halogens is 1. The van der Waals surface area contributed by atoms with E-state index in [-0.39, 0.29) is 5.82 Å². The van der Waals surface area contributed by atoms with Gasteiger partial charge in [0.1, 0.15) is 11.6 Å². The van der Waals surface area contributed by atoms with Gasteiger partial charge in [0.2, 0.25) is 0 Å². The summed E-state index contributed by atoms with van der Waals surface area (Å²) in [6.07, 6.45) is 0.839. The van der Waals surface area contributed by atoms with Crippen molar-refractivity contribution in [1.29, 1.82) is 0 Å². The third-order valence-corrected chi connectivity index (χ3v) is 2.66. The minimum absolute atomic E-state index is 0.324. The van der Waals surface area contributed by atoms with Gasteiger partial charge in [-0.2, -0.15) is 0 Å². The molecule has 0 aromatic heterocycles. The second kappa shape index (κ2) is 6.64. The van der Waals surface area contributed by atoms with Gasteiger partial charge in [0.25, 0.3) is 0 Å². The van der Waals surface area contributed by atoms with Gasteiger partial charge in [-0.25, -0.2) is 4.39 Å². The molecule has 0 bridgehead atoms. The maximum absolute atomic E-state index is 12.9. The Kier molecular flexibility index (Phi) is 4.61. The molecule has 0 aliphatic heterocycles. The summed E-state index contributed by atoms with van der Waals surface area (Å²) in [5.74, 6) is 0.541. The Morgan fingerprint density at radius 2 is 1.89 bits per heavy atom. The summed E-state index contributed by atoms with van der Waals surface area (Å²) in [5, 5.41) is 3.15. The van der Waals surface area contributed by atoms with Gasteiger partial charge in [0.05, 0.1) is 18.0 Å². The molecule has 2 rings (SSSR count). The predicted octanol–water partition coefficient (Wildman–Crippen LogP) is 3.29. The van der Waals surface area contributed by atoms with Crippen LogP contribution in [0, 0.1) is 5.82 Å². The Balaban J connectivity index is 1.69. The van der Waals surface area contributed by atoms with Crippen LogP contribution in [0.3, 0.4) is 0 Å². The first-order valence-electron chi connectivity index (χ1n) is 6.22. The molecule has 2 aromatic carbocycles. The monoisotopic (exact) mass is 260 g/mol. The number of nitrogen functional groups attached to an aromatic ring is 1. The van der Waals surface area contributed by atoms with E-state index in [9.17, 15) is 4.39 Å². The summed E-state index contributed by atoms with van der Waals surface area (Å²) in [4.78, 5) is 0. The normalized spacial score (nSPS) is 10.2. The Labute approximate surface area is 112 Å². The van der Waals surface area contributed by atoms with E-state index in [1.807, 2.05) is 30.3 Å². The van der Waals surface area contributed by atoms with E-state index < -0.39 is 0 Å². The average Bonchev–Trinajstić information content (AvgIpc) is 2.42. The van der Waals surface area contributed by atoms with Crippen molar-refractivity contribution in [2.24, 2.45) is 0 Å². The van der Waals surface area contributed by atoms with Crippen LogP contribution in [0.2, 0.25) is 0 Å². The van der Waals surface area contributed by atoms with E-state index in [0.29, 0.717) is 12.3 Å². The highest BCUT2D eigenvalue weighted by Gasteiger charge is 1.99. The molecular weight excluding hydrogens is 243 g/mol. The molecule has 0 radical (unpaired) electrons. The summed E-state index contributed by atoms with van der Waals surface area (Å²) in [6.45, 7) is 1.35. The van der Waals surface area contributed by atoms with Crippen molar-refractivity contribution in [2.45, 2.75) is 6.42 Å². The van der Waals surface area contributed by atoms with Gasteiger partial charge in [-0.15, -0.1) is 0 Å². The van der Waals surface area contributed by atoms with Gasteiger partial charge < -0.3 is 15.8 Å². The molecule has 3 N–H and O–H groups in total.